The number of anilines is 1. The molecule has 1 amide bonds. The fraction of sp³-hybridized carbons (Fsp3) is 0.0769. The number of hydrogen-bond acceptors (Lipinski definition) is 3. The second kappa shape index (κ2) is 5.65. The summed E-state index contributed by atoms with van der Waals surface area (Å²) < 4.78 is 0. The number of amides is 1. The van der Waals surface area contributed by atoms with Crippen molar-refractivity contribution >= 4 is 23.1 Å². The van der Waals surface area contributed by atoms with Crippen LogP contribution in [0.3, 0.4) is 0 Å². The van der Waals surface area contributed by atoms with Crippen LogP contribution in [0, 0.1) is 0 Å². The van der Waals surface area contributed by atoms with Crippen molar-refractivity contribution < 1.29 is 9.59 Å². The maximum atomic E-state index is 11.1. The zero-order chi connectivity index (χ0) is 12.8. The van der Waals surface area contributed by atoms with Gasteiger partial charge in [-0.15, -0.1) is 0 Å². The lowest BCUT2D eigenvalue weighted by atomic mass is 10.1. The molecule has 0 atom stereocenters. The number of nitrogens with two attached hydrogens (primary N) is 1. The first-order chi connectivity index (χ1) is 8.02. The molecule has 1 rings (SSSR count). The van der Waals surface area contributed by atoms with Gasteiger partial charge in [0.15, 0.2) is 5.78 Å². The van der Waals surface area contributed by atoms with E-state index >= 15 is 0 Å². The largest absolute Gasteiger partial charge is 0.398 e. The minimum Gasteiger partial charge on any atom is -0.398 e. The number of nitrogens with one attached hydrogen (secondary N) is 1. The van der Waals surface area contributed by atoms with E-state index in [4.69, 9.17) is 5.73 Å². The molecule has 0 saturated heterocycles. The van der Waals surface area contributed by atoms with Gasteiger partial charge in [0.1, 0.15) is 0 Å². The average Bonchev–Trinajstić information content (AvgIpc) is 2.28. The molecule has 0 radical (unpaired) electrons. The highest BCUT2D eigenvalue weighted by Crippen LogP contribution is 2.15. The Kier molecular flexibility index (Phi) is 4.22. The lowest BCUT2D eigenvalue weighted by Crippen LogP contribution is -2.08. The summed E-state index contributed by atoms with van der Waals surface area (Å²) in [5, 5.41) is 2.62. The highest BCUT2D eigenvalue weighted by Gasteiger charge is 2.01. The zero-order valence-electron chi connectivity index (χ0n) is 9.57. The van der Waals surface area contributed by atoms with Crippen LogP contribution in [0.5, 0.6) is 0 Å². The van der Waals surface area contributed by atoms with E-state index in [1.165, 1.54) is 19.1 Å². The number of ketones is 1. The molecule has 0 spiro atoms. The molecule has 0 aromatic heterocycles. The van der Waals surface area contributed by atoms with Crippen molar-refractivity contribution in [3.63, 3.8) is 0 Å². The summed E-state index contributed by atoms with van der Waals surface area (Å²) in [5.74, 6) is -0.417. The standard InChI is InChI=1S/C13H14N2O2/c1-3-13(17)15-11-6-4-5-10(8-11)12(14)7-9(2)16/h3-8H,1,14H2,2H3,(H,15,17)/b12-7-. The van der Waals surface area contributed by atoms with Crippen LogP contribution in [0.4, 0.5) is 5.69 Å². The fourth-order valence-corrected chi connectivity index (χ4v) is 1.27. The highest BCUT2D eigenvalue weighted by atomic mass is 16.1. The van der Waals surface area contributed by atoms with Crippen molar-refractivity contribution in [1.29, 1.82) is 0 Å². The summed E-state index contributed by atoms with van der Waals surface area (Å²) in [6.07, 6.45) is 2.52. The van der Waals surface area contributed by atoms with E-state index < -0.39 is 0 Å². The number of carbonyl (C=O) groups excluding carboxylic acids is 2. The molecule has 0 heterocycles. The zero-order valence-corrected chi connectivity index (χ0v) is 9.57. The Morgan fingerprint density at radius 1 is 1.41 bits per heavy atom. The number of benzene rings is 1. The summed E-state index contributed by atoms with van der Waals surface area (Å²) in [5.41, 5.74) is 7.39. The van der Waals surface area contributed by atoms with E-state index in [1.54, 1.807) is 24.3 Å². The molecule has 88 valence electrons. The second-order valence-electron chi connectivity index (χ2n) is 3.48. The van der Waals surface area contributed by atoms with Crippen LogP contribution in [0.2, 0.25) is 0 Å². The third-order valence-electron chi connectivity index (χ3n) is 2.01. The van der Waals surface area contributed by atoms with Crippen LogP contribution in [0.15, 0.2) is 43.0 Å². The molecule has 0 aliphatic rings. The van der Waals surface area contributed by atoms with Crippen molar-refractivity contribution in [1.82, 2.24) is 0 Å². The van der Waals surface area contributed by atoms with Crippen LogP contribution in [0.1, 0.15) is 12.5 Å². The molecule has 1 aromatic rings. The monoisotopic (exact) mass is 230 g/mol. The van der Waals surface area contributed by atoms with E-state index in [0.717, 1.165) is 0 Å². The summed E-state index contributed by atoms with van der Waals surface area (Å²) in [7, 11) is 0. The molecular weight excluding hydrogens is 216 g/mol. The Morgan fingerprint density at radius 2 is 2.12 bits per heavy atom. The Hall–Kier alpha value is -2.36. The summed E-state index contributed by atoms with van der Waals surface area (Å²) >= 11 is 0. The van der Waals surface area contributed by atoms with Gasteiger partial charge in [0, 0.05) is 17.5 Å². The van der Waals surface area contributed by atoms with Gasteiger partial charge in [0.2, 0.25) is 5.91 Å². The van der Waals surface area contributed by atoms with Crippen molar-refractivity contribution in [3.8, 4) is 0 Å². The van der Waals surface area contributed by atoms with Gasteiger partial charge in [-0.05, 0) is 30.7 Å². The Bertz CT molecular complexity index is 490. The molecule has 0 saturated carbocycles. The Labute approximate surface area is 99.8 Å². The van der Waals surface area contributed by atoms with Gasteiger partial charge in [-0.3, -0.25) is 9.59 Å². The van der Waals surface area contributed by atoms with Crippen LogP contribution < -0.4 is 11.1 Å². The van der Waals surface area contributed by atoms with Crippen LogP contribution in [-0.4, -0.2) is 11.7 Å². The molecule has 0 aliphatic carbocycles. The molecule has 0 aliphatic heterocycles. The summed E-state index contributed by atoms with van der Waals surface area (Å²) in [4.78, 5) is 22.0. The first-order valence-electron chi connectivity index (χ1n) is 5.04. The first-order valence-corrected chi connectivity index (χ1v) is 5.04. The Balaban J connectivity index is 2.97. The highest BCUT2D eigenvalue weighted by molar-refractivity contribution is 5.99. The average molecular weight is 230 g/mol. The van der Waals surface area contributed by atoms with E-state index in [0.29, 0.717) is 16.9 Å². The van der Waals surface area contributed by atoms with E-state index in [9.17, 15) is 9.59 Å². The molecular formula is C13H14N2O2. The van der Waals surface area contributed by atoms with Crippen molar-refractivity contribution in [2.45, 2.75) is 6.92 Å². The van der Waals surface area contributed by atoms with Crippen LogP contribution in [-0.2, 0) is 9.59 Å². The van der Waals surface area contributed by atoms with Gasteiger partial charge in [0.25, 0.3) is 0 Å². The van der Waals surface area contributed by atoms with E-state index in [-0.39, 0.29) is 11.7 Å². The second-order valence-corrected chi connectivity index (χ2v) is 3.48. The third kappa shape index (κ3) is 3.95. The van der Waals surface area contributed by atoms with Gasteiger partial charge in [0.05, 0.1) is 0 Å². The molecule has 1 aromatic carbocycles. The van der Waals surface area contributed by atoms with Gasteiger partial charge in [-0.2, -0.15) is 0 Å². The van der Waals surface area contributed by atoms with Gasteiger partial charge in [-0.1, -0.05) is 18.7 Å². The maximum Gasteiger partial charge on any atom is 0.247 e. The minimum atomic E-state index is -0.295. The normalized spacial score (nSPS) is 10.8. The first kappa shape index (κ1) is 12.7. The quantitative estimate of drug-likeness (QED) is 0.773. The molecule has 0 bridgehead atoms. The summed E-state index contributed by atoms with van der Waals surface area (Å²) in [6.45, 7) is 4.79. The predicted octanol–water partition coefficient (Wildman–Crippen LogP) is 1.70. The van der Waals surface area contributed by atoms with Gasteiger partial charge in [-0.25, -0.2) is 0 Å². The smallest absolute Gasteiger partial charge is 0.247 e. The lowest BCUT2D eigenvalue weighted by molar-refractivity contribution is -0.113. The SMILES string of the molecule is C=CC(=O)Nc1cccc(/C(N)=C/C(C)=O)c1. The molecule has 0 fully saturated rings. The summed E-state index contributed by atoms with van der Waals surface area (Å²) in [6, 6.07) is 6.93. The van der Waals surface area contributed by atoms with Crippen LogP contribution in [0.25, 0.3) is 5.70 Å². The number of hydrogen-bond donors (Lipinski definition) is 2. The number of rotatable bonds is 4. The van der Waals surface area contributed by atoms with E-state index in [1.807, 2.05) is 0 Å². The van der Waals surface area contributed by atoms with Crippen molar-refractivity contribution in [3.05, 3.63) is 48.6 Å². The molecule has 4 heteroatoms. The third-order valence-corrected chi connectivity index (χ3v) is 2.01. The lowest BCUT2D eigenvalue weighted by Gasteiger charge is -2.05. The van der Waals surface area contributed by atoms with Gasteiger partial charge < -0.3 is 11.1 Å². The maximum absolute atomic E-state index is 11.1. The van der Waals surface area contributed by atoms with E-state index in [2.05, 4.69) is 11.9 Å². The topological polar surface area (TPSA) is 72.2 Å². The minimum absolute atomic E-state index is 0.122. The predicted molar refractivity (Wildman–Crippen MR) is 68.1 cm³/mol. The fourth-order valence-electron chi connectivity index (χ4n) is 1.27. The number of allylic oxidation sites excluding steroid dienone is 1. The molecule has 3 N–H and O–H groups in total. The van der Waals surface area contributed by atoms with Gasteiger partial charge >= 0.3 is 0 Å². The molecule has 4 nitrogen and oxygen atoms in total. The number of carbonyl (C=O) groups is 2. The van der Waals surface area contributed by atoms with Crippen molar-refractivity contribution in [2.75, 3.05) is 5.32 Å². The molecule has 0 unspecified atom stereocenters. The van der Waals surface area contributed by atoms with Crippen molar-refractivity contribution in [2.24, 2.45) is 5.73 Å². The van der Waals surface area contributed by atoms with Crippen LogP contribution >= 0.6 is 0 Å². The Morgan fingerprint density at radius 3 is 2.71 bits per heavy atom. The molecule has 17 heavy (non-hydrogen) atoms.